The second-order valence-electron chi connectivity index (χ2n) is 3.76. The van der Waals surface area contributed by atoms with Gasteiger partial charge in [0.05, 0.1) is 17.2 Å². The minimum Gasteiger partial charge on any atom is -0.491 e. The zero-order valence-electron chi connectivity index (χ0n) is 10.6. The second-order valence-corrected chi connectivity index (χ2v) is 4.58. The molecule has 0 fully saturated rings. The molecule has 0 aliphatic carbocycles. The first kappa shape index (κ1) is 13.9. The Morgan fingerprint density at radius 3 is 2.63 bits per heavy atom. The Morgan fingerprint density at radius 1 is 1.21 bits per heavy atom. The molecule has 0 aliphatic heterocycles. The van der Waals surface area contributed by atoms with E-state index >= 15 is 0 Å². The van der Waals surface area contributed by atoms with Gasteiger partial charge in [0.1, 0.15) is 12.0 Å². The van der Waals surface area contributed by atoms with E-state index in [2.05, 4.69) is 15.3 Å². The summed E-state index contributed by atoms with van der Waals surface area (Å²) in [6, 6.07) is 5.33. The van der Waals surface area contributed by atoms with E-state index in [-0.39, 0.29) is 0 Å². The van der Waals surface area contributed by atoms with Gasteiger partial charge in [-0.2, -0.15) is 0 Å². The quantitative estimate of drug-likeness (QED) is 0.930. The molecule has 0 spiro atoms. The van der Waals surface area contributed by atoms with E-state index in [0.29, 0.717) is 27.3 Å². The van der Waals surface area contributed by atoms with E-state index < -0.39 is 0 Å². The Labute approximate surface area is 121 Å². The van der Waals surface area contributed by atoms with Crippen LogP contribution in [0.3, 0.4) is 0 Å². The molecule has 0 aliphatic rings. The molecule has 1 N–H and O–H groups in total. The number of rotatable bonds is 4. The molecule has 0 saturated heterocycles. The van der Waals surface area contributed by atoms with E-state index in [1.165, 1.54) is 6.33 Å². The highest BCUT2D eigenvalue weighted by Crippen LogP contribution is 2.35. The largest absolute Gasteiger partial charge is 0.491 e. The first-order valence-corrected chi connectivity index (χ1v) is 6.51. The molecule has 2 aromatic rings. The van der Waals surface area contributed by atoms with Crippen molar-refractivity contribution in [1.29, 1.82) is 0 Å². The Balaban J connectivity index is 2.54. The Bertz CT molecular complexity index is 590. The number of hydrogen-bond acceptors (Lipinski definition) is 4. The fraction of sp³-hybridized carbons (Fsp3) is 0.231. The number of ether oxygens (including phenoxy) is 1. The number of nitrogens with one attached hydrogen (secondary N) is 1. The van der Waals surface area contributed by atoms with Crippen LogP contribution in [0.4, 0.5) is 5.82 Å². The van der Waals surface area contributed by atoms with Crippen LogP contribution in [0.1, 0.15) is 6.92 Å². The van der Waals surface area contributed by atoms with Crippen molar-refractivity contribution in [3.05, 3.63) is 34.6 Å². The molecule has 1 heterocycles. The molecule has 1 aromatic heterocycles. The normalized spacial score (nSPS) is 10.3. The van der Waals surface area contributed by atoms with Crippen LogP contribution in [0.15, 0.2) is 24.5 Å². The summed E-state index contributed by atoms with van der Waals surface area (Å²) in [5.41, 5.74) is 1.50. The molecule has 0 bridgehead atoms. The zero-order chi connectivity index (χ0) is 13.8. The average molecular weight is 298 g/mol. The number of methoxy groups -OCH3 is 1. The predicted octanol–water partition coefficient (Wildman–Crippen LogP) is 3.89. The van der Waals surface area contributed by atoms with Crippen LogP contribution in [0, 0.1) is 0 Å². The predicted molar refractivity (Wildman–Crippen MR) is 78.2 cm³/mol. The average Bonchev–Trinajstić information content (AvgIpc) is 2.42. The summed E-state index contributed by atoms with van der Waals surface area (Å²) in [5, 5.41) is 4.11. The van der Waals surface area contributed by atoms with Gasteiger partial charge in [-0.05, 0) is 19.1 Å². The summed E-state index contributed by atoms with van der Waals surface area (Å²) in [4.78, 5) is 8.41. The van der Waals surface area contributed by atoms with Crippen molar-refractivity contribution in [1.82, 2.24) is 9.97 Å². The summed E-state index contributed by atoms with van der Waals surface area (Å²) in [5.74, 6) is 1.24. The number of nitrogens with zero attached hydrogens (tertiary/aromatic N) is 2. The Kier molecular flexibility index (Phi) is 4.45. The monoisotopic (exact) mass is 297 g/mol. The maximum absolute atomic E-state index is 6.03. The molecule has 0 atom stereocenters. The molecule has 100 valence electrons. The van der Waals surface area contributed by atoms with Gasteiger partial charge in [-0.25, -0.2) is 9.97 Å². The smallest absolute Gasteiger partial charge is 0.187 e. The fourth-order valence-corrected chi connectivity index (χ4v) is 2.01. The lowest BCUT2D eigenvalue weighted by molar-refractivity contribution is 0.414. The Morgan fingerprint density at radius 2 is 2.00 bits per heavy atom. The lowest BCUT2D eigenvalue weighted by Gasteiger charge is -2.12. The molecule has 0 saturated carbocycles. The van der Waals surface area contributed by atoms with E-state index in [0.717, 1.165) is 12.1 Å². The van der Waals surface area contributed by atoms with E-state index in [1.54, 1.807) is 19.2 Å². The highest BCUT2D eigenvalue weighted by molar-refractivity contribution is 6.42. The topological polar surface area (TPSA) is 47.0 Å². The van der Waals surface area contributed by atoms with Crippen LogP contribution in [0.5, 0.6) is 5.75 Å². The summed E-state index contributed by atoms with van der Waals surface area (Å²) < 4.78 is 5.39. The zero-order valence-corrected chi connectivity index (χ0v) is 12.1. The van der Waals surface area contributed by atoms with Crippen molar-refractivity contribution >= 4 is 29.0 Å². The summed E-state index contributed by atoms with van der Waals surface area (Å²) >= 11 is 11.9. The van der Waals surface area contributed by atoms with Gasteiger partial charge in [0.2, 0.25) is 0 Å². The highest BCUT2D eigenvalue weighted by Gasteiger charge is 2.14. The first-order valence-electron chi connectivity index (χ1n) is 5.75. The summed E-state index contributed by atoms with van der Waals surface area (Å²) in [7, 11) is 1.58. The van der Waals surface area contributed by atoms with E-state index in [1.807, 2.05) is 13.0 Å². The minimum atomic E-state index is 0.477. The molecule has 2 rings (SSSR count). The minimum absolute atomic E-state index is 0.477. The molecular formula is C13H13Cl2N3O. The van der Waals surface area contributed by atoms with Crippen molar-refractivity contribution in [2.24, 2.45) is 0 Å². The number of aromatic nitrogens is 2. The maximum atomic E-state index is 6.03. The van der Waals surface area contributed by atoms with Gasteiger partial charge < -0.3 is 10.1 Å². The molecule has 0 unspecified atom stereocenters. The van der Waals surface area contributed by atoms with Crippen LogP contribution in [-0.2, 0) is 0 Å². The number of halogens is 2. The van der Waals surface area contributed by atoms with Gasteiger partial charge in [-0.1, -0.05) is 29.3 Å². The second kappa shape index (κ2) is 6.08. The van der Waals surface area contributed by atoms with Crippen LogP contribution in [0.25, 0.3) is 11.3 Å². The third-order valence-corrected chi connectivity index (χ3v) is 3.28. The van der Waals surface area contributed by atoms with Gasteiger partial charge in [0.25, 0.3) is 0 Å². The fourth-order valence-electron chi connectivity index (χ4n) is 1.71. The molecule has 6 heteroatoms. The number of benzene rings is 1. The molecule has 1 aromatic carbocycles. The van der Waals surface area contributed by atoms with Crippen molar-refractivity contribution < 1.29 is 4.74 Å². The van der Waals surface area contributed by atoms with E-state index in [9.17, 15) is 0 Å². The van der Waals surface area contributed by atoms with Crippen molar-refractivity contribution in [3.8, 4) is 17.0 Å². The molecule has 4 nitrogen and oxygen atoms in total. The maximum Gasteiger partial charge on any atom is 0.187 e. The Hall–Kier alpha value is -1.52. The molecule has 0 amide bonds. The van der Waals surface area contributed by atoms with Crippen molar-refractivity contribution in [3.63, 3.8) is 0 Å². The van der Waals surface area contributed by atoms with Crippen molar-refractivity contribution in [2.45, 2.75) is 6.92 Å². The molecular weight excluding hydrogens is 285 g/mol. The van der Waals surface area contributed by atoms with Gasteiger partial charge >= 0.3 is 0 Å². The standard InChI is InChI=1S/C13H13Cl2N3O/c1-3-16-13-12(19-2)11(17-7-18-13)8-4-5-9(14)10(15)6-8/h4-7H,3H2,1-2H3,(H,16,17,18). The van der Waals surface area contributed by atoms with Crippen LogP contribution in [0.2, 0.25) is 10.0 Å². The third kappa shape index (κ3) is 2.91. The number of hydrogen-bond donors (Lipinski definition) is 1. The van der Waals surface area contributed by atoms with Gasteiger partial charge in [0.15, 0.2) is 11.6 Å². The number of anilines is 1. The molecule has 0 radical (unpaired) electrons. The SMILES string of the molecule is CCNc1ncnc(-c2ccc(Cl)c(Cl)c2)c1OC. The highest BCUT2D eigenvalue weighted by atomic mass is 35.5. The molecule has 19 heavy (non-hydrogen) atoms. The van der Waals surface area contributed by atoms with Gasteiger partial charge in [0, 0.05) is 12.1 Å². The first-order chi connectivity index (χ1) is 9.17. The lowest BCUT2D eigenvalue weighted by Crippen LogP contribution is -2.04. The third-order valence-electron chi connectivity index (χ3n) is 2.55. The lowest BCUT2D eigenvalue weighted by atomic mass is 10.1. The van der Waals surface area contributed by atoms with Gasteiger partial charge in [-0.3, -0.25) is 0 Å². The summed E-state index contributed by atoms with van der Waals surface area (Å²) in [6.45, 7) is 2.73. The van der Waals surface area contributed by atoms with Crippen molar-refractivity contribution in [2.75, 3.05) is 19.0 Å². The van der Waals surface area contributed by atoms with Crippen LogP contribution >= 0.6 is 23.2 Å². The van der Waals surface area contributed by atoms with Crippen LogP contribution in [-0.4, -0.2) is 23.6 Å². The van der Waals surface area contributed by atoms with E-state index in [4.69, 9.17) is 27.9 Å². The van der Waals surface area contributed by atoms with Crippen LogP contribution < -0.4 is 10.1 Å². The van der Waals surface area contributed by atoms with Gasteiger partial charge in [-0.15, -0.1) is 0 Å². The summed E-state index contributed by atoms with van der Waals surface area (Å²) in [6.07, 6.45) is 1.48.